The quantitative estimate of drug-likeness (QED) is 0.263. The van der Waals surface area contributed by atoms with Crippen LogP contribution in [0.15, 0.2) is 78.0 Å². The van der Waals surface area contributed by atoms with Crippen molar-refractivity contribution in [3.05, 3.63) is 94.2 Å². The van der Waals surface area contributed by atoms with Gasteiger partial charge in [0.1, 0.15) is 11.6 Å². The molecule has 0 bridgehead atoms. The van der Waals surface area contributed by atoms with Crippen molar-refractivity contribution in [1.29, 1.82) is 0 Å². The minimum Gasteiger partial charge on any atom is -0.506 e. The molecule has 2 N–H and O–H groups in total. The number of hydrogen-bond acceptors (Lipinski definition) is 5. The lowest BCUT2D eigenvalue weighted by atomic mass is 10.1. The molecule has 0 aliphatic rings. The van der Waals surface area contributed by atoms with Crippen molar-refractivity contribution >= 4 is 46.6 Å². The second kappa shape index (κ2) is 10.1. The predicted octanol–water partition coefficient (Wildman–Crippen LogP) is 5.60. The van der Waals surface area contributed by atoms with Crippen LogP contribution in [0.1, 0.15) is 11.4 Å². The SMILES string of the molecule is O=C(CSc1nnc(Cc2ccccc2)n1-c1ccc(Cl)cc1)Nc1ccc(Cl)cc1O. The van der Waals surface area contributed by atoms with E-state index in [1.54, 1.807) is 24.3 Å². The Morgan fingerprint density at radius 2 is 1.69 bits per heavy atom. The Morgan fingerprint density at radius 3 is 2.41 bits per heavy atom. The molecule has 1 heterocycles. The highest BCUT2D eigenvalue weighted by atomic mass is 35.5. The zero-order chi connectivity index (χ0) is 22.5. The van der Waals surface area contributed by atoms with Crippen molar-refractivity contribution in [2.45, 2.75) is 11.6 Å². The maximum absolute atomic E-state index is 12.5. The molecule has 162 valence electrons. The molecule has 4 rings (SSSR count). The third-order valence-corrected chi connectivity index (χ3v) is 5.97. The lowest BCUT2D eigenvalue weighted by molar-refractivity contribution is -0.113. The van der Waals surface area contributed by atoms with E-state index in [-0.39, 0.29) is 17.4 Å². The van der Waals surface area contributed by atoms with E-state index in [9.17, 15) is 9.90 Å². The Labute approximate surface area is 199 Å². The molecule has 0 fully saturated rings. The molecule has 0 radical (unpaired) electrons. The fourth-order valence-electron chi connectivity index (χ4n) is 3.06. The number of halogens is 2. The van der Waals surface area contributed by atoms with Crippen molar-refractivity contribution in [2.75, 3.05) is 11.1 Å². The average molecular weight is 485 g/mol. The number of carbonyl (C=O) groups is 1. The standard InChI is InChI=1S/C23H18Cl2N4O2S/c24-16-6-9-18(10-7-16)29-21(12-15-4-2-1-3-5-15)27-28-23(29)32-14-22(31)26-19-11-8-17(25)13-20(19)30/h1-11,13,30H,12,14H2,(H,26,31). The lowest BCUT2D eigenvalue weighted by Gasteiger charge is -2.11. The normalized spacial score (nSPS) is 10.8. The van der Waals surface area contributed by atoms with Gasteiger partial charge in [-0.3, -0.25) is 9.36 Å². The molecular formula is C23H18Cl2N4O2S. The van der Waals surface area contributed by atoms with Gasteiger partial charge in [-0.05, 0) is 42.0 Å². The third kappa shape index (κ3) is 5.43. The molecule has 1 aromatic heterocycles. The van der Waals surface area contributed by atoms with E-state index in [1.165, 1.54) is 17.8 Å². The van der Waals surface area contributed by atoms with E-state index < -0.39 is 0 Å². The molecule has 6 nitrogen and oxygen atoms in total. The molecule has 0 spiro atoms. The summed E-state index contributed by atoms with van der Waals surface area (Å²) in [5, 5.41) is 22.9. The van der Waals surface area contributed by atoms with Gasteiger partial charge in [0, 0.05) is 28.2 Å². The number of phenols is 1. The summed E-state index contributed by atoms with van der Waals surface area (Å²) in [6.45, 7) is 0. The lowest BCUT2D eigenvalue weighted by Crippen LogP contribution is -2.14. The van der Waals surface area contributed by atoms with Crippen molar-refractivity contribution in [3.8, 4) is 11.4 Å². The van der Waals surface area contributed by atoms with Gasteiger partial charge in [0.25, 0.3) is 0 Å². The van der Waals surface area contributed by atoms with Gasteiger partial charge in [-0.2, -0.15) is 0 Å². The van der Waals surface area contributed by atoms with Gasteiger partial charge in [-0.1, -0.05) is 65.3 Å². The smallest absolute Gasteiger partial charge is 0.234 e. The van der Waals surface area contributed by atoms with Crippen molar-refractivity contribution in [2.24, 2.45) is 0 Å². The Bertz CT molecular complexity index is 1230. The number of aromatic hydroxyl groups is 1. The topological polar surface area (TPSA) is 80.0 Å². The van der Waals surface area contributed by atoms with Crippen LogP contribution in [-0.2, 0) is 11.2 Å². The number of nitrogens with zero attached hydrogens (tertiary/aromatic N) is 3. The number of nitrogens with one attached hydrogen (secondary N) is 1. The summed E-state index contributed by atoms with van der Waals surface area (Å²) < 4.78 is 1.92. The van der Waals surface area contributed by atoms with E-state index in [2.05, 4.69) is 15.5 Å². The van der Waals surface area contributed by atoms with Gasteiger partial charge < -0.3 is 10.4 Å². The van der Waals surface area contributed by atoms with E-state index in [0.717, 1.165) is 17.1 Å². The van der Waals surface area contributed by atoms with E-state index in [0.29, 0.717) is 27.3 Å². The summed E-state index contributed by atoms with van der Waals surface area (Å²) in [6.07, 6.45) is 0.585. The first-order chi connectivity index (χ1) is 15.5. The Kier molecular flexibility index (Phi) is 6.99. The van der Waals surface area contributed by atoms with Crippen LogP contribution < -0.4 is 5.32 Å². The number of rotatable bonds is 7. The summed E-state index contributed by atoms with van der Waals surface area (Å²) in [4.78, 5) is 12.5. The summed E-state index contributed by atoms with van der Waals surface area (Å²) >= 11 is 13.1. The molecule has 0 aliphatic carbocycles. The van der Waals surface area contributed by atoms with Crippen LogP contribution in [0.25, 0.3) is 5.69 Å². The minimum atomic E-state index is -0.289. The molecule has 0 saturated carbocycles. The van der Waals surface area contributed by atoms with Crippen molar-refractivity contribution in [3.63, 3.8) is 0 Å². The maximum atomic E-state index is 12.5. The van der Waals surface area contributed by atoms with Crippen LogP contribution in [0.3, 0.4) is 0 Å². The Hall–Kier alpha value is -3.00. The molecule has 0 saturated heterocycles. The van der Waals surface area contributed by atoms with Gasteiger partial charge in [0.15, 0.2) is 5.16 Å². The number of anilines is 1. The zero-order valence-corrected chi connectivity index (χ0v) is 19.0. The van der Waals surface area contributed by atoms with Gasteiger partial charge in [0.05, 0.1) is 11.4 Å². The molecule has 4 aromatic rings. The average Bonchev–Trinajstić information content (AvgIpc) is 3.18. The van der Waals surface area contributed by atoms with Gasteiger partial charge in [-0.15, -0.1) is 10.2 Å². The summed E-state index contributed by atoms with van der Waals surface area (Å²) in [6, 6.07) is 21.9. The van der Waals surface area contributed by atoms with Gasteiger partial charge in [0.2, 0.25) is 5.91 Å². The highest BCUT2D eigenvalue weighted by molar-refractivity contribution is 7.99. The van der Waals surface area contributed by atoms with Crippen molar-refractivity contribution < 1.29 is 9.90 Å². The predicted molar refractivity (Wildman–Crippen MR) is 128 cm³/mol. The number of amides is 1. The van der Waals surface area contributed by atoms with E-state index in [1.807, 2.05) is 47.0 Å². The highest BCUT2D eigenvalue weighted by Crippen LogP contribution is 2.28. The molecule has 0 atom stereocenters. The largest absolute Gasteiger partial charge is 0.506 e. The highest BCUT2D eigenvalue weighted by Gasteiger charge is 2.17. The summed E-state index contributed by atoms with van der Waals surface area (Å²) in [5.74, 6) is 0.448. The third-order valence-electron chi connectivity index (χ3n) is 4.56. The zero-order valence-electron chi connectivity index (χ0n) is 16.7. The monoisotopic (exact) mass is 484 g/mol. The second-order valence-corrected chi connectivity index (χ2v) is 8.69. The van der Waals surface area contributed by atoms with Gasteiger partial charge >= 0.3 is 0 Å². The molecule has 9 heteroatoms. The first-order valence-electron chi connectivity index (χ1n) is 9.65. The first-order valence-corrected chi connectivity index (χ1v) is 11.4. The fraction of sp³-hybridized carbons (Fsp3) is 0.0870. The number of carbonyl (C=O) groups excluding carboxylic acids is 1. The van der Waals surface area contributed by atoms with Gasteiger partial charge in [-0.25, -0.2) is 0 Å². The van der Waals surface area contributed by atoms with Crippen LogP contribution in [0.2, 0.25) is 10.0 Å². The first kappa shape index (κ1) is 22.2. The number of thioether (sulfide) groups is 1. The Morgan fingerprint density at radius 1 is 0.969 bits per heavy atom. The number of hydrogen-bond donors (Lipinski definition) is 2. The van der Waals surface area contributed by atoms with Crippen LogP contribution in [0, 0.1) is 0 Å². The molecule has 0 unspecified atom stereocenters. The molecule has 0 aliphatic heterocycles. The molecular weight excluding hydrogens is 467 g/mol. The van der Waals surface area contributed by atoms with Crippen molar-refractivity contribution in [1.82, 2.24) is 14.8 Å². The van der Waals surface area contributed by atoms with Crippen LogP contribution in [-0.4, -0.2) is 31.5 Å². The van der Waals surface area contributed by atoms with E-state index in [4.69, 9.17) is 23.2 Å². The second-order valence-electron chi connectivity index (χ2n) is 6.87. The summed E-state index contributed by atoms with van der Waals surface area (Å²) in [7, 11) is 0. The number of benzene rings is 3. The molecule has 32 heavy (non-hydrogen) atoms. The van der Waals surface area contributed by atoms with Crippen LogP contribution in [0.4, 0.5) is 5.69 Å². The number of phenolic OH excluding ortho intramolecular Hbond substituents is 1. The molecule has 3 aromatic carbocycles. The van der Waals surface area contributed by atoms with Crippen LogP contribution >= 0.6 is 35.0 Å². The molecule has 1 amide bonds. The Balaban J connectivity index is 1.55. The number of aromatic nitrogens is 3. The summed E-state index contributed by atoms with van der Waals surface area (Å²) in [5.41, 5.74) is 2.25. The van der Waals surface area contributed by atoms with E-state index >= 15 is 0 Å². The maximum Gasteiger partial charge on any atom is 0.234 e. The minimum absolute atomic E-state index is 0.0825. The van der Waals surface area contributed by atoms with Crippen LogP contribution in [0.5, 0.6) is 5.75 Å². The fourth-order valence-corrected chi connectivity index (χ4v) is 4.13.